The summed E-state index contributed by atoms with van der Waals surface area (Å²) in [5.41, 5.74) is 8.55. The maximum absolute atomic E-state index is 6.25. The Morgan fingerprint density at radius 2 is 1.94 bits per heavy atom. The van der Waals surface area contributed by atoms with Crippen LogP contribution in [-0.2, 0) is 6.42 Å². The van der Waals surface area contributed by atoms with E-state index in [1.54, 1.807) is 7.11 Å². The third-order valence-electron chi connectivity index (χ3n) is 2.89. The van der Waals surface area contributed by atoms with Gasteiger partial charge in [-0.1, -0.05) is 46.3 Å². The fourth-order valence-electron chi connectivity index (χ4n) is 1.94. The van der Waals surface area contributed by atoms with Crippen molar-refractivity contribution in [3.05, 3.63) is 64.1 Å². The predicted octanol–water partition coefficient (Wildman–Crippen LogP) is 3.70. The molecule has 1 atom stereocenters. The molecule has 1 unspecified atom stereocenters. The monoisotopic (exact) mass is 305 g/mol. The van der Waals surface area contributed by atoms with Crippen molar-refractivity contribution in [1.29, 1.82) is 0 Å². The van der Waals surface area contributed by atoms with Crippen molar-refractivity contribution in [2.45, 2.75) is 12.5 Å². The number of hydrogen-bond donors (Lipinski definition) is 1. The highest BCUT2D eigenvalue weighted by Crippen LogP contribution is 2.25. The number of methoxy groups -OCH3 is 1. The number of hydrogen-bond acceptors (Lipinski definition) is 2. The molecule has 2 aromatic rings. The van der Waals surface area contributed by atoms with Gasteiger partial charge in [0.1, 0.15) is 5.75 Å². The smallest absolute Gasteiger partial charge is 0.119 e. The lowest BCUT2D eigenvalue weighted by atomic mass is 10.00. The average Bonchev–Trinajstić information content (AvgIpc) is 2.39. The highest BCUT2D eigenvalue weighted by Gasteiger charge is 2.10. The number of rotatable bonds is 4. The van der Waals surface area contributed by atoms with Crippen LogP contribution < -0.4 is 10.5 Å². The Labute approximate surface area is 116 Å². The molecule has 0 saturated heterocycles. The van der Waals surface area contributed by atoms with Gasteiger partial charge in [-0.2, -0.15) is 0 Å². The topological polar surface area (TPSA) is 35.2 Å². The number of benzene rings is 2. The Balaban J connectivity index is 2.16. The third kappa shape index (κ3) is 3.12. The Hall–Kier alpha value is -1.32. The van der Waals surface area contributed by atoms with Gasteiger partial charge >= 0.3 is 0 Å². The highest BCUT2D eigenvalue weighted by molar-refractivity contribution is 9.10. The molecule has 0 radical (unpaired) electrons. The molecule has 2 N–H and O–H groups in total. The number of nitrogens with two attached hydrogens (primary N) is 1. The molecule has 0 fully saturated rings. The van der Waals surface area contributed by atoms with Gasteiger partial charge < -0.3 is 10.5 Å². The summed E-state index contributed by atoms with van der Waals surface area (Å²) < 4.78 is 6.27. The molecule has 0 aromatic heterocycles. The minimum atomic E-state index is -0.0207. The molecule has 0 aliphatic heterocycles. The van der Waals surface area contributed by atoms with Gasteiger partial charge in [-0.25, -0.2) is 0 Å². The zero-order valence-corrected chi connectivity index (χ0v) is 11.9. The summed E-state index contributed by atoms with van der Waals surface area (Å²) in [4.78, 5) is 0. The molecule has 3 heteroatoms. The first kappa shape index (κ1) is 13.1. The van der Waals surface area contributed by atoms with E-state index in [0.717, 1.165) is 22.2 Å². The van der Waals surface area contributed by atoms with Crippen LogP contribution in [0.2, 0.25) is 0 Å². The fraction of sp³-hybridized carbons (Fsp3) is 0.200. The Kier molecular flexibility index (Phi) is 4.39. The molecular weight excluding hydrogens is 290 g/mol. The molecule has 0 aliphatic carbocycles. The SMILES string of the molecule is COc1cccc(CC(N)c2ccccc2Br)c1. The van der Waals surface area contributed by atoms with Crippen LogP contribution >= 0.6 is 15.9 Å². The lowest BCUT2D eigenvalue weighted by molar-refractivity contribution is 0.414. The molecule has 2 nitrogen and oxygen atoms in total. The summed E-state index contributed by atoms with van der Waals surface area (Å²) >= 11 is 3.53. The zero-order valence-electron chi connectivity index (χ0n) is 10.3. The van der Waals surface area contributed by atoms with Gasteiger partial charge in [0.2, 0.25) is 0 Å². The van der Waals surface area contributed by atoms with Gasteiger partial charge in [-0.15, -0.1) is 0 Å². The Morgan fingerprint density at radius 3 is 2.67 bits per heavy atom. The van der Waals surface area contributed by atoms with Crippen molar-refractivity contribution in [2.24, 2.45) is 5.73 Å². The van der Waals surface area contributed by atoms with Crippen LogP contribution in [0.5, 0.6) is 5.75 Å². The standard InChI is InChI=1S/C15H16BrNO/c1-18-12-6-4-5-11(9-12)10-15(17)13-7-2-3-8-14(13)16/h2-9,15H,10,17H2,1H3. The van der Waals surface area contributed by atoms with Gasteiger partial charge in [0.15, 0.2) is 0 Å². The summed E-state index contributed by atoms with van der Waals surface area (Å²) in [6.45, 7) is 0. The van der Waals surface area contributed by atoms with E-state index in [1.165, 1.54) is 5.56 Å². The van der Waals surface area contributed by atoms with Gasteiger partial charge in [0.05, 0.1) is 7.11 Å². The second kappa shape index (κ2) is 6.03. The molecule has 0 amide bonds. The highest BCUT2D eigenvalue weighted by atomic mass is 79.9. The van der Waals surface area contributed by atoms with Gasteiger partial charge in [-0.3, -0.25) is 0 Å². The summed E-state index contributed by atoms with van der Waals surface area (Å²) in [6, 6.07) is 16.1. The molecule has 2 rings (SSSR count). The quantitative estimate of drug-likeness (QED) is 0.935. The van der Waals surface area contributed by atoms with E-state index in [0.29, 0.717) is 0 Å². The summed E-state index contributed by atoms with van der Waals surface area (Å²) in [5.74, 6) is 0.867. The first-order valence-corrected chi connectivity index (χ1v) is 6.63. The molecule has 0 aliphatic rings. The summed E-state index contributed by atoms with van der Waals surface area (Å²) in [7, 11) is 1.67. The second-order valence-electron chi connectivity index (χ2n) is 4.18. The van der Waals surface area contributed by atoms with Crippen LogP contribution in [-0.4, -0.2) is 7.11 Å². The average molecular weight is 306 g/mol. The van der Waals surface area contributed by atoms with E-state index in [4.69, 9.17) is 10.5 Å². The van der Waals surface area contributed by atoms with E-state index in [1.807, 2.05) is 36.4 Å². The fourth-order valence-corrected chi connectivity index (χ4v) is 2.52. The lowest BCUT2D eigenvalue weighted by Crippen LogP contribution is -2.13. The van der Waals surface area contributed by atoms with E-state index in [-0.39, 0.29) is 6.04 Å². The van der Waals surface area contributed by atoms with Crippen molar-refractivity contribution in [2.75, 3.05) is 7.11 Å². The number of ether oxygens (including phenoxy) is 1. The predicted molar refractivity (Wildman–Crippen MR) is 77.8 cm³/mol. The second-order valence-corrected chi connectivity index (χ2v) is 5.04. The van der Waals surface area contributed by atoms with Crippen LogP contribution in [0.1, 0.15) is 17.2 Å². The minimum Gasteiger partial charge on any atom is -0.497 e. The molecule has 0 spiro atoms. The van der Waals surface area contributed by atoms with Crippen molar-refractivity contribution < 1.29 is 4.74 Å². The molecule has 18 heavy (non-hydrogen) atoms. The number of halogens is 1. The molecule has 94 valence electrons. The minimum absolute atomic E-state index is 0.0207. The first-order valence-electron chi connectivity index (χ1n) is 5.83. The molecule has 2 aromatic carbocycles. The summed E-state index contributed by atoms with van der Waals surface area (Å²) in [5, 5.41) is 0. The first-order chi connectivity index (χ1) is 8.70. The van der Waals surface area contributed by atoms with Crippen molar-refractivity contribution in [1.82, 2.24) is 0 Å². The van der Waals surface area contributed by atoms with E-state index in [9.17, 15) is 0 Å². The Morgan fingerprint density at radius 1 is 1.17 bits per heavy atom. The third-order valence-corrected chi connectivity index (χ3v) is 3.62. The zero-order chi connectivity index (χ0) is 13.0. The maximum atomic E-state index is 6.25. The molecular formula is C15H16BrNO. The van der Waals surface area contributed by atoms with Crippen molar-refractivity contribution in [3.63, 3.8) is 0 Å². The van der Waals surface area contributed by atoms with Crippen LogP contribution in [0.25, 0.3) is 0 Å². The Bertz CT molecular complexity index is 527. The molecule has 0 heterocycles. The van der Waals surface area contributed by atoms with Crippen molar-refractivity contribution >= 4 is 15.9 Å². The summed E-state index contributed by atoms with van der Waals surface area (Å²) in [6.07, 6.45) is 0.791. The normalized spacial score (nSPS) is 12.2. The van der Waals surface area contributed by atoms with Crippen molar-refractivity contribution in [3.8, 4) is 5.75 Å². The van der Waals surface area contributed by atoms with Gasteiger partial charge in [0.25, 0.3) is 0 Å². The lowest BCUT2D eigenvalue weighted by Gasteiger charge is -2.14. The van der Waals surface area contributed by atoms with E-state index >= 15 is 0 Å². The largest absolute Gasteiger partial charge is 0.497 e. The van der Waals surface area contributed by atoms with Gasteiger partial charge in [0, 0.05) is 10.5 Å². The van der Waals surface area contributed by atoms with E-state index < -0.39 is 0 Å². The van der Waals surface area contributed by atoms with E-state index in [2.05, 4.69) is 28.1 Å². The van der Waals surface area contributed by atoms with Crippen LogP contribution in [0.15, 0.2) is 53.0 Å². The molecule has 0 saturated carbocycles. The maximum Gasteiger partial charge on any atom is 0.119 e. The molecule has 0 bridgehead atoms. The van der Waals surface area contributed by atoms with Crippen LogP contribution in [0.4, 0.5) is 0 Å². The van der Waals surface area contributed by atoms with Gasteiger partial charge in [-0.05, 0) is 35.7 Å². The van der Waals surface area contributed by atoms with Crippen LogP contribution in [0.3, 0.4) is 0 Å². The van der Waals surface area contributed by atoms with Crippen LogP contribution in [0, 0.1) is 0 Å².